The van der Waals surface area contributed by atoms with Crippen molar-refractivity contribution in [3.63, 3.8) is 0 Å². The summed E-state index contributed by atoms with van der Waals surface area (Å²) >= 11 is 0. The van der Waals surface area contributed by atoms with Gasteiger partial charge in [0.1, 0.15) is 22.3 Å². The standard InChI is InChI=1S/C68H43NO2/c1-67(2)55-22-10-5-17-46(55)50-32-29-43(38-59(50)67)69(44-30-33-51-49-20-8-13-25-58(49)68(60(51)39-44)56-23-11-6-18-47(56)48-19-7-12-24-57(48)68)61-36-42(41-28-34-63-54(35-41)52-21-9-14-26-62(52)70-63)37-64-65(61)53-31-27-40-15-3-4-16-45(40)66(53)71-64/h3-39H,1-2H3/i4D,5D,6D,8D,9D,10D,12D,13D,15D,16D,19D,26D,27D,28D,34D,37D,38D. The highest BCUT2D eigenvalue weighted by Crippen LogP contribution is 2.64. The monoisotopic (exact) mass is 922 g/mol. The highest BCUT2D eigenvalue weighted by Gasteiger charge is 2.51. The first-order valence-electron chi connectivity index (χ1n) is 31.8. The number of benzene rings is 11. The quantitative estimate of drug-likeness (QED) is 0.176. The first-order valence-corrected chi connectivity index (χ1v) is 23.3. The van der Waals surface area contributed by atoms with Crippen LogP contribution in [0, 0.1) is 0 Å². The summed E-state index contributed by atoms with van der Waals surface area (Å²) in [4.78, 5) is 1.80. The zero-order valence-corrected chi connectivity index (χ0v) is 37.8. The molecular weight excluding hydrogens is 863 g/mol. The number of furan rings is 2. The van der Waals surface area contributed by atoms with E-state index in [1.165, 1.54) is 30.3 Å². The van der Waals surface area contributed by atoms with Crippen LogP contribution in [-0.4, -0.2) is 0 Å². The third kappa shape index (κ3) is 5.07. The third-order valence-electron chi connectivity index (χ3n) is 15.2. The van der Waals surface area contributed by atoms with Crippen LogP contribution in [0.15, 0.2) is 233 Å². The number of hydrogen-bond acceptors (Lipinski definition) is 3. The summed E-state index contributed by atoms with van der Waals surface area (Å²) in [5, 5.41) is 1.03. The van der Waals surface area contributed by atoms with E-state index < -0.39 is 10.8 Å². The fraction of sp³-hybridized carbons (Fsp3) is 0.0588. The summed E-state index contributed by atoms with van der Waals surface area (Å²) in [5.41, 5.74) is 5.93. The first kappa shape index (κ1) is 26.2. The van der Waals surface area contributed by atoms with Crippen LogP contribution in [0.4, 0.5) is 17.1 Å². The van der Waals surface area contributed by atoms with Gasteiger partial charge in [-0.05, 0) is 144 Å². The fourth-order valence-electron chi connectivity index (χ4n) is 12.1. The topological polar surface area (TPSA) is 29.5 Å². The molecule has 0 saturated carbocycles. The van der Waals surface area contributed by atoms with Crippen LogP contribution in [0.25, 0.3) is 99.2 Å². The van der Waals surface area contributed by atoms with Crippen LogP contribution >= 0.6 is 0 Å². The van der Waals surface area contributed by atoms with Gasteiger partial charge in [0, 0.05) is 38.3 Å². The van der Waals surface area contributed by atoms with Crippen LogP contribution in [0.5, 0.6) is 0 Å². The molecule has 0 bridgehead atoms. The van der Waals surface area contributed by atoms with Crippen LogP contribution in [0.2, 0.25) is 0 Å². The molecule has 71 heavy (non-hydrogen) atoms. The van der Waals surface area contributed by atoms with E-state index in [4.69, 9.17) is 22.5 Å². The average Bonchev–Trinajstić information content (AvgIpc) is 1.52. The predicted octanol–water partition coefficient (Wildman–Crippen LogP) is 18.4. The zero-order valence-electron chi connectivity index (χ0n) is 54.8. The average molecular weight is 923 g/mol. The van der Waals surface area contributed by atoms with Crippen molar-refractivity contribution < 1.29 is 32.1 Å². The van der Waals surface area contributed by atoms with Crippen molar-refractivity contribution in [2.75, 3.05) is 4.90 Å². The van der Waals surface area contributed by atoms with Gasteiger partial charge in [0.25, 0.3) is 0 Å². The molecule has 0 aliphatic heterocycles. The normalized spacial score (nSPS) is 19.0. The molecule has 3 aliphatic carbocycles. The molecule has 1 unspecified atom stereocenters. The lowest BCUT2D eigenvalue weighted by Gasteiger charge is -2.33. The second-order valence-electron chi connectivity index (χ2n) is 19.0. The Morgan fingerprint density at radius 1 is 0.408 bits per heavy atom. The third-order valence-corrected chi connectivity index (χ3v) is 15.2. The lowest BCUT2D eigenvalue weighted by Crippen LogP contribution is -2.26. The van der Waals surface area contributed by atoms with Gasteiger partial charge < -0.3 is 13.7 Å². The summed E-state index contributed by atoms with van der Waals surface area (Å²) < 4.78 is 170. The van der Waals surface area contributed by atoms with Crippen molar-refractivity contribution in [1.29, 1.82) is 0 Å². The number of fused-ring (bicyclic) bond motifs is 21. The second kappa shape index (κ2) is 13.9. The summed E-state index contributed by atoms with van der Waals surface area (Å²) in [7, 11) is 0. The molecule has 16 rings (SSSR count). The molecule has 0 amide bonds. The Bertz CT molecular complexity index is 5490. The van der Waals surface area contributed by atoms with Crippen LogP contribution in [0.3, 0.4) is 0 Å². The van der Waals surface area contributed by atoms with Gasteiger partial charge in [-0.3, -0.25) is 0 Å². The first-order chi connectivity index (χ1) is 41.9. The number of para-hydroxylation sites is 1. The Morgan fingerprint density at radius 2 is 1.10 bits per heavy atom. The van der Waals surface area contributed by atoms with E-state index in [2.05, 4.69) is 0 Å². The van der Waals surface area contributed by atoms with Gasteiger partial charge in [0.15, 0.2) is 0 Å². The Labute approximate surface area is 434 Å². The number of rotatable bonds is 4. The minimum atomic E-state index is -1.38. The SMILES string of the molecule is [2H]c1ccc2c(c1)-c1c([2H])cc([2H])cc1C21c2cc(N(c3ccc4c(c3[2H])C(C)(C)c3cc([2H])c([2H])cc3-4)c3cc(-c4cc5c(oc6c([2H])cc([2H])cc65)c([2H])c4[2H])c([2H])c4oc5c(cc([2H])c6c([2H])cc([2H])c([2H])c65)c34)ccc2-c2cc([2H])c([2H])cc21. The van der Waals surface area contributed by atoms with Gasteiger partial charge in [-0.15, -0.1) is 0 Å². The predicted molar refractivity (Wildman–Crippen MR) is 292 cm³/mol. The highest BCUT2D eigenvalue weighted by atomic mass is 16.3. The summed E-state index contributed by atoms with van der Waals surface area (Å²) in [6.07, 6.45) is 0. The molecule has 332 valence electrons. The van der Waals surface area contributed by atoms with E-state index >= 15 is 0 Å². The van der Waals surface area contributed by atoms with Crippen LogP contribution in [0.1, 0.15) is 70.5 Å². The Balaban J connectivity index is 1.08. The van der Waals surface area contributed by atoms with Crippen molar-refractivity contribution in [2.45, 2.75) is 24.7 Å². The van der Waals surface area contributed by atoms with Crippen molar-refractivity contribution >= 4 is 71.7 Å². The largest absolute Gasteiger partial charge is 0.456 e. The molecule has 13 aromatic rings. The van der Waals surface area contributed by atoms with E-state index in [-0.39, 0.29) is 169 Å². The second-order valence-corrected chi connectivity index (χ2v) is 19.0. The van der Waals surface area contributed by atoms with Gasteiger partial charge in [0.2, 0.25) is 0 Å². The maximum atomic E-state index is 10.7. The lowest BCUT2D eigenvalue weighted by atomic mass is 9.70. The van der Waals surface area contributed by atoms with Gasteiger partial charge >= 0.3 is 0 Å². The van der Waals surface area contributed by atoms with E-state index in [1.54, 1.807) is 65.6 Å². The molecule has 1 spiro atoms. The van der Waals surface area contributed by atoms with Crippen LogP contribution in [-0.2, 0) is 10.8 Å². The molecule has 0 N–H and O–H groups in total. The number of anilines is 3. The molecule has 1 atom stereocenters. The van der Waals surface area contributed by atoms with Gasteiger partial charge in [-0.1, -0.05) is 177 Å². The molecule has 0 radical (unpaired) electrons. The molecule has 3 aliphatic rings. The maximum absolute atomic E-state index is 10.7. The minimum absolute atomic E-state index is 0.00257. The van der Waals surface area contributed by atoms with Crippen molar-refractivity contribution in [3.8, 4) is 44.5 Å². The van der Waals surface area contributed by atoms with Gasteiger partial charge in [-0.25, -0.2) is 0 Å². The van der Waals surface area contributed by atoms with Crippen LogP contribution < -0.4 is 4.90 Å². The maximum Gasteiger partial charge on any atom is 0.143 e. The molecule has 0 fully saturated rings. The van der Waals surface area contributed by atoms with Crippen molar-refractivity contribution in [2.24, 2.45) is 0 Å². The van der Waals surface area contributed by atoms with E-state index in [0.29, 0.717) is 77.7 Å². The number of hydrogen-bond donors (Lipinski definition) is 0. The molecule has 2 heterocycles. The van der Waals surface area contributed by atoms with E-state index in [1.807, 2.05) is 44.2 Å². The minimum Gasteiger partial charge on any atom is -0.456 e. The lowest BCUT2D eigenvalue weighted by molar-refractivity contribution is 0.660. The smallest absolute Gasteiger partial charge is 0.143 e. The Morgan fingerprint density at radius 3 is 2.01 bits per heavy atom. The molecule has 2 aromatic heterocycles. The highest BCUT2D eigenvalue weighted by molar-refractivity contribution is 6.21. The molecule has 3 nitrogen and oxygen atoms in total. The Hall–Kier alpha value is -8.92. The van der Waals surface area contributed by atoms with E-state index in [9.17, 15) is 9.60 Å². The van der Waals surface area contributed by atoms with E-state index in [0.717, 1.165) is 5.56 Å². The summed E-state index contributed by atoms with van der Waals surface area (Å²) in [6, 6.07) is 30.9. The fourth-order valence-corrected chi connectivity index (χ4v) is 12.1. The summed E-state index contributed by atoms with van der Waals surface area (Å²) in [6.45, 7) is 3.91. The number of nitrogens with zero attached hydrogens (tertiary/aromatic N) is 1. The molecule has 3 heteroatoms. The zero-order chi connectivity index (χ0) is 61.5. The molecule has 11 aromatic carbocycles. The van der Waals surface area contributed by atoms with Gasteiger partial charge in [0.05, 0.1) is 39.8 Å². The van der Waals surface area contributed by atoms with Crippen molar-refractivity contribution in [3.05, 3.63) is 257 Å². The molecular formula is C68H43NO2. The van der Waals surface area contributed by atoms with Crippen molar-refractivity contribution in [1.82, 2.24) is 0 Å². The Kier molecular flexibility index (Phi) is 5.11. The summed E-state index contributed by atoms with van der Waals surface area (Å²) in [5.74, 6) is 0. The van der Waals surface area contributed by atoms with Gasteiger partial charge in [-0.2, -0.15) is 0 Å². The molecule has 0 saturated heterocycles.